The molecule has 0 heterocycles. The van der Waals surface area contributed by atoms with Crippen molar-refractivity contribution in [3.8, 4) is 5.75 Å². The number of carbonyl (C=O) groups excluding carboxylic acids is 1. The molecule has 0 saturated carbocycles. The van der Waals surface area contributed by atoms with Gasteiger partial charge in [-0.3, -0.25) is 0 Å². The Morgan fingerprint density at radius 3 is 2.36 bits per heavy atom. The number of benzene rings is 1. The molecule has 0 spiro atoms. The van der Waals surface area contributed by atoms with Crippen LogP contribution < -0.4 is 5.32 Å². The van der Waals surface area contributed by atoms with Gasteiger partial charge in [0.25, 0.3) is 0 Å². The van der Waals surface area contributed by atoms with Crippen LogP contribution in [0.1, 0.15) is 33.3 Å². The fourth-order valence-electron chi connectivity index (χ4n) is 2.07. The summed E-state index contributed by atoms with van der Waals surface area (Å²) in [5.41, 5.74) is -0.324. The average Bonchev–Trinajstić information content (AvgIpc) is 2.45. The molecule has 6 nitrogen and oxygen atoms in total. The monoisotopic (exact) mass is 360 g/mol. The Hall–Kier alpha value is -1.93. The summed E-state index contributed by atoms with van der Waals surface area (Å²) >= 11 is 0. The Labute approximate surface area is 146 Å². The van der Waals surface area contributed by atoms with Gasteiger partial charge in [-0.15, -0.1) is 0 Å². The number of phenolic OH excluding ortho intramolecular Hbond substituents is 1. The first-order valence-electron chi connectivity index (χ1n) is 8.03. The summed E-state index contributed by atoms with van der Waals surface area (Å²) in [5.74, 6) is -3.06. The minimum Gasteiger partial charge on any atom is -0.503 e. The van der Waals surface area contributed by atoms with Crippen molar-refractivity contribution in [1.82, 2.24) is 10.2 Å². The smallest absolute Gasteiger partial charge is 0.410 e. The highest BCUT2D eigenvalue weighted by Gasteiger charge is 2.22. The van der Waals surface area contributed by atoms with E-state index in [2.05, 4.69) is 5.32 Å². The van der Waals surface area contributed by atoms with Crippen LogP contribution in [0.3, 0.4) is 0 Å². The molecule has 1 unspecified atom stereocenters. The molecule has 0 aromatic heterocycles. The zero-order valence-corrected chi connectivity index (χ0v) is 15.0. The van der Waals surface area contributed by atoms with Crippen molar-refractivity contribution in [3.63, 3.8) is 0 Å². The summed E-state index contributed by atoms with van der Waals surface area (Å²) in [6.45, 7) is 7.66. The number of hydrogen-bond acceptors (Lipinski definition) is 5. The van der Waals surface area contributed by atoms with Crippen LogP contribution in [-0.4, -0.2) is 52.5 Å². The van der Waals surface area contributed by atoms with Crippen LogP contribution >= 0.6 is 0 Å². The molecule has 142 valence electrons. The van der Waals surface area contributed by atoms with E-state index in [9.17, 15) is 18.7 Å². The minimum atomic E-state index is -1.03. The number of rotatable bonds is 7. The lowest BCUT2D eigenvalue weighted by molar-refractivity contribution is 0.0164. The van der Waals surface area contributed by atoms with Crippen LogP contribution in [0.25, 0.3) is 0 Å². The van der Waals surface area contributed by atoms with E-state index in [0.29, 0.717) is 12.1 Å². The molecule has 0 fully saturated rings. The van der Waals surface area contributed by atoms with Gasteiger partial charge in [0, 0.05) is 26.2 Å². The second kappa shape index (κ2) is 8.96. The van der Waals surface area contributed by atoms with Crippen molar-refractivity contribution in [2.24, 2.45) is 0 Å². The first-order chi connectivity index (χ1) is 11.5. The maximum Gasteiger partial charge on any atom is 0.410 e. The fourth-order valence-corrected chi connectivity index (χ4v) is 2.07. The first-order valence-corrected chi connectivity index (χ1v) is 8.03. The van der Waals surface area contributed by atoms with E-state index < -0.39 is 35.2 Å². The lowest BCUT2D eigenvalue weighted by Gasteiger charge is -2.28. The first kappa shape index (κ1) is 21.1. The van der Waals surface area contributed by atoms with Gasteiger partial charge in [-0.2, -0.15) is 0 Å². The van der Waals surface area contributed by atoms with E-state index >= 15 is 0 Å². The molecule has 1 rings (SSSR count). The predicted octanol–water partition coefficient (Wildman–Crippen LogP) is 2.38. The molecule has 8 heteroatoms. The standard InChI is InChI=1S/C17H26F2N2O4/c1-11(22)10-21(16(24)25-17(2,3)4)6-5-20-9-12-7-13(18)15(23)14(19)8-12/h7-8,11,20,22-23H,5-6,9-10H2,1-4H3. The number of nitrogens with zero attached hydrogens (tertiary/aromatic N) is 1. The molecule has 0 bridgehead atoms. The second-order valence-electron chi connectivity index (χ2n) is 6.86. The third kappa shape index (κ3) is 7.66. The Balaban J connectivity index is 2.55. The lowest BCUT2D eigenvalue weighted by Crippen LogP contribution is -2.43. The number of aliphatic hydroxyl groups excluding tert-OH is 1. The number of phenols is 1. The van der Waals surface area contributed by atoms with Crippen LogP contribution in [0, 0.1) is 11.6 Å². The maximum absolute atomic E-state index is 13.3. The number of amides is 1. The molecule has 25 heavy (non-hydrogen) atoms. The average molecular weight is 360 g/mol. The lowest BCUT2D eigenvalue weighted by atomic mass is 10.2. The fraction of sp³-hybridized carbons (Fsp3) is 0.588. The summed E-state index contributed by atoms with van der Waals surface area (Å²) in [6, 6.07) is 2.07. The number of ether oxygens (including phenoxy) is 1. The van der Waals surface area contributed by atoms with E-state index in [0.717, 1.165) is 12.1 Å². The van der Waals surface area contributed by atoms with Gasteiger partial charge in [0.2, 0.25) is 0 Å². The number of carbonyl (C=O) groups is 1. The van der Waals surface area contributed by atoms with Gasteiger partial charge in [0.05, 0.1) is 6.10 Å². The van der Waals surface area contributed by atoms with Crippen molar-refractivity contribution < 1.29 is 28.5 Å². The SMILES string of the molecule is CC(O)CN(CCNCc1cc(F)c(O)c(F)c1)C(=O)OC(C)(C)C. The Morgan fingerprint density at radius 2 is 1.88 bits per heavy atom. The molecule has 0 aliphatic carbocycles. The zero-order valence-electron chi connectivity index (χ0n) is 15.0. The van der Waals surface area contributed by atoms with E-state index in [4.69, 9.17) is 9.84 Å². The quantitative estimate of drug-likeness (QED) is 0.651. The number of hydrogen-bond donors (Lipinski definition) is 3. The van der Waals surface area contributed by atoms with Gasteiger partial charge in [-0.25, -0.2) is 13.6 Å². The van der Waals surface area contributed by atoms with Gasteiger partial charge >= 0.3 is 6.09 Å². The van der Waals surface area contributed by atoms with E-state index in [1.165, 1.54) is 4.90 Å². The molecule has 3 N–H and O–H groups in total. The molecule has 0 aliphatic rings. The summed E-state index contributed by atoms with van der Waals surface area (Å²) in [4.78, 5) is 13.5. The van der Waals surface area contributed by atoms with Gasteiger partial charge in [-0.1, -0.05) is 0 Å². The Bertz CT molecular complexity index is 565. The zero-order chi connectivity index (χ0) is 19.2. The van der Waals surface area contributed by atoms with E-state index in [-0.39, 0.29) is 19.6 Å². The van der Waals surface area contributed by atoms with Crippen LogP contribution in [0.15, 0.2) is 12.1 Å². The second-order valence-corrected chi connectivity index (χ2v) is 6.86. The maximum atomic E-state index is 13.3. The van der Waals surface area contributed by atoms with Gasteiger partial charge in [-0.05, 0) is 45.4 Å². The molecule has 0 aliphatic heterocycles. The third-order valence-corrected chi connectivity index (χ3v) is 3.10. The summed E-state index contributed by atoms with van der Waals surface area (Å²) in [7, 11) is 0. The summed E-state index contributed by atoms with van der Waals surface area (Å²) in [6.07, 6.45) is -1.26. The highest BCUT2D eigenvalue weighted by Crippen LogP contribution is 2.21. The Morgan fingerprint density at radius 1 is 1.32 bits per heavy atom. The van der Waals surface area contributed by atoms with Crippen molar-refractivity contribution in [2.45, 2.75) is 45.9 Å². The van der Waals surface area contributed by atoms with Gasteiger partial charge in [0.1, 0.15) is 5.60 Å². The van der Waals surface area contributed by atoms with Crippen LogP contribution in [0.5, 0.6) is 5.75 Å². The number of aliphatic hydroxyl groups is 1. The van der Waals surface area contributed by atoms with Crippen molar-refractivity contribution in [3.05, 3.63) is 29.3 Å². The van der Waals surface area contributed by atoms with Crippen LogP contribution in [-0.2, 0) is 11.3 Å². The number of nitrogens with one attached hydrogen (secondary N) is 1. The predicted molar refractivity (Wildman–Crippen MR) is 89.2 cm³/mol. The topological polar surface area (TPSA) is 82.0 Å². The van der Waals surface area contributed by atoms with E-state index in [1.54, 1.807) is 27.7 Å². The van der Waals surface area contributed by atoms with Crippen LogP contribution in [0.4, 0.5) is 13.6 Å². The van der Waals surface area contributed by atoms with Crippen molar-refractivity contribution in [1.29, 1.82) is 0 Å². The number of halogens is 2. The molecule has 0 radical (unpaired) electrons. The molecule has 1 aromatic rings. The molecular formula is C17H26F2N2O4. The third-order valence-electron chi connectivity index (χ3n) is 3.10. The Kier molecular flexibility index (Phi) is 7.57. The highest BCUT2D eigenvalue weighted by molar-refractivity contribution is 5.68. The summed E-state index contributed by atoms with van der Waals surface area (Å²) in [5, 5.41) is 21.5. The largest absolute Gasteiger partial charge is 0.503 e. The van der Waals surface area contributed by atoms with E-state index in [1.807, 2.05) is 0 Å². The molecule has 0 saturated heterocycles. The molecular weight excluding hydrogens is 334 g/mol. The van der Waals surface area contributed by atoms with Gasteiger partial charge in [0.15, 0.2) is 17.4 Å². The number of aromatic hydroxyl groups is 1. The van der Waals surface area contributed by atoms with Crippen molar-refractivity contribution >= 4 is 6.09 Å². The molecule has 1 amide bonds. The molecule has 1 aromatic carbocycles. The van der Waals surface area contributed by atoms with Gasteiger partial charge < -0.3 is 25.2 Å². The molecule has 1 atom stereocenters. The highest BCUT2D eigenvalue weighted by atomic mass is 19.1. The normalized spacial score (nSPS) is 12.8. The van der Waals surface area contributed by atoms with Crippen LogP contribution in [0.2, 0.25) is 0 Å². The van der Waals surface area contributed by atoms with Crippen molar-refractivity contribution in [2.75, 3.05) is 19.6 Å². The summed E-state index contributed by atoms with van der Waals surface area (Å²) < 4.78 is 31.8. The minimum absolute atomic E-state index is 0.110.